The SMILES string of the molecule is CCn1c(SCc2nc(-c3cccs3)no2)nc2sc3c(c2c1=O)CCC(C)C3. The van der Waals surface area contributed by atoms with Crippen LogP contribution in [0.2, 0.25) is 0 Å². The molecular weight excluding hydrogens is 424 g/mol. The van der Waals surface area contributed by atoms with Crippen molar-refractivity contribution >= 4 is 44.7 Å². The van der Waals surface area contributed by atoms with Crippen molar-refractivity contribution in [3.8, 4) is 10.7 Å². The van der Waals surface area contributed by atoms with Crippen molar-refractivity contribution in [1.82, 2.24) is 19.7 Å². The largest absolute Gasteiger partial charge is 0.338 e. The second-order valence-corrected chi connectivity index (χ2v) is 10.2. The highest BCUT2D eigenvalue weighted by Gasteiger charge is 2.24. The average molecular weight is 445 g/mol. The van der Waals surface area contributed by atoms with Crippen molar-refractivity contribution in [3.63, 3.8) is 0 Å². The molecule has 1 unspecified atom stereocenters. The third-order valence-electron chi connectivity index (χ3n) is 5.23. The molecule has 150 valence electrons. The topological polar surface area (TPSA) is 73.8 Å². The Labute approximate surface area is 180 Å². The lowest BCUT2D eigenvalue weighted by Gasteiger charge is -2.17. The van der Waals surface area contributed by atoms with Crippen LogP contribution in [-0.2, 0) is 25.1 Å². The van der Waals surface area contributed by atoms with Crippen LogP contribution in [0.4, 0.5) is 0 Å². The fourth-order valence-corrected chi connectivity index (χ4v) is 6.71. The number of aromatic nitrogens is 4. The van der Waals surface area contributed by atoms with Gasteiger partial charge in [-0.05, 0) is 49.1 Å². The summed E-state index contributed by atoms with van der Waals surface area (Å²) in [7, 11) is 0. The van der Waals surface area contributed by atoms with Gasteiger partial charge in [0.15, 0.2) is 5.16 Å². The van der Waals surface area contributed by atoms with Gasteiger partial charge in [0.1, 0.15) is 4.83 Å². The monoisotopic (exact) mass is 444 g/mol. The van der Waals surface area contributed by atoms with Gasteiger partial charge in [-0.3, -0.25) is 9.36 Å². The minimum Gasteiger partial charge on any atom is -0.338 e. The van der Waals surface area contributed by atoms with Gasteiger partial charge in [-0.25, -0.2) is 4.98 Å². The van der Waals surface area contributed by atoms with E-state index in [1.807, 2.05) is 24.4 Å². The van der Waals surface area contributed by atoms with Gasteiger partial charge in [-0.15, -0.1) is 22.7 Å². The van der Waals surface area contributed by atoms with Crippen LogP contribution in [0.5, 0.6) is 0 Å². The van der Waals surface area contributed by atoms with Gasteiger partial charge in [0.05, 0.1) is 16.0 Å². The van der Waals surface area contributed by atoms with Gasteiger partial charge >= 0.3 is 0 Å². The van der Waals surface area contributed by atoms with Gasteiger partial charge < -0.3 is 4.52 Å². The summed E-state index contributed by atoms with van der Waals surface area (Å²) in [5.74, 6) is 2.30. The highest BCUT2D eigenvalue weighted by atomic mass is 32.2. The first-order valence-electron chi connectivity index (χ1n) is 9.68. The lowest BCUT2D eigenvalue weighted by Crippen LogP contribution is -2.23. The first kappa shape index (κ1) is 19.0. The van der Waals surface area contributed by atoms with Gasteiger partial charge in [0, 0.05) is 11.4 Å². The normalized spacial score (nSPS) is 16.4. The van der Waals surface area contributed by atoms with E-state index < -0.39 is 0 Å². The van der Waals surface area contributed by atoms with E-state index in [1.54, 1.807) is 27.2 Å². The quantitative estimate of drug-likeness (QED) is 0.318. The maximum atomic E-state index is 13.2. The van der Waals surface area contributed by atoms with Crippen LogP contribution in [0.1, 0.15) is 36.6 Å². The highest BCUT2D eigenvalue weighted by Crippen LogP contribution is 2.36. The van der Waals surface area contributed by atoms with Crippen molar-refractivity contribution in [2.24, 2.45) is 5.92 Å². The standard InChI is InChI=1S/C20H20N4O2S3/c1-3-24-19(25)16-12-7-6-11(2)9-14(12)29-18(16)22-20(24)28-10-15-21-17(23-26-15)13-5-4-8-27-13/h4-5,8,11H,3,6-7,9-10H2,1-2H3. The molecule has 9 heteroatoms. The molecule has 0 amide bonds. The van der Waals surface area contributed by atoms with Crippen molar-refractivity contribution in [3.05, 3.63) is 44.2 Å². The van der Waals surface area contributed by atoms with Crippen LogP contribution in [0.3, 0.4) is 0 Å². The number of hydrogen-bond donors (Lipinski definition) is 0. The fraction of sp³-hybridized carbons (Fsp3) is 0.400. The molecule has 4 heterocycles. The third kappa shape index (κ3) is 3.45. The maximum absolute atomic E-state index is 13.2. The molecule has 0 fully saturated rings. The molecule has 6 nitrogen and oxygen atoms in total. The minimum atomic E-state index is 0.0804. The molecule has 1 aliphatic carbocycles. The fourth-order valence-electron chi connectivity index (χ4n) is 3.74. The van der Waals surface area contributed by atoms with Crippen molar-refractivity contribution in [2.45, 2.75) is 50.6 Å². The van der Waals surface area contributed by atoms with Crippen LogP contribution in [0.15, 0.2) is 32.0 Å². The summed E-state index contributed by atoms with van der Waals surface area (Å²) < 4.78 is 7.16. The molecule has 0 saturated carbocycles. The molecule has 0 radical (unpaired) electrons. The van der Waals surface area contributed by atoms with Crippen LogP contribution in [-0.4, -0.2) is 19.7 Å². The van der Waals surface area contributed by atoms with E-state index in [4.69, 9.17) is 9.51 Å². The Kier molecular flexibility index (Phi) is 5.05. The summed E-state index contributed by atoms with van der Waals surface area (Å²) in [4.78, 5) is 25.8. The predicted molar refractivity (Wildman–Crippen MR) is 118 cm³/mol. The summed E-state index contributed by atoms with van der Waals surface area (Å²) in [6.45, 7) is 4.86. The Balaban J connectivity index is 1.46. The second kappa shape index (κ2) is 7.70. The Morgan fingerprint density at radius 3 is 3.07 bits per heavy atom. The Bertz CT molecular complexity index is 1220. The molecule has 0 aliphatic heterocycles. The molecule has 0 saturated heterocycles. The van der Waals surface area contributed by atoms with Crippen molar-refractivity contribution < 1.29 is 4.52 Å². The van der Waals surface area contributed by atoms with Crippen molar-refractivity contribution in [2.75, 3.05) is 0 Å². The average Bonchev–Trinajstić information content (AvgIpc) is 3.44. The molecule has 5 rings (SSSR count). The lowest BCUT2D eigenvalue weighted by molar-refractivity contribution is 0.391. The van der Waals surface area contributed by atoms with E-state index in [2.05, 4.69) is 17.1 Å². The molecule has 1 aliphatic rings. The van der Waals surface area contributed by atoms with E-state index in [0.717, 1.165) is 34.4 Å². The molecule has 4 aromatic rings. The Hall–Kier alpha value is -1.97. The van der Waals surface area contributed by atoms with E-state index in [0.29, 0.717) is 35.1 Å². The van der Waals surface area contributed by atoms with Crippen LogP contribution in [0, 0.1) is 5.92 Å². The van der Waals surface area contributed by atoms with Gasteiger partial charge in [0.25, 0.3) is 5.56 Å². The number of hydrogen-bond acceptors (Lipinski definition) is 8. The summed E-state index contributed by atoms with van der Waals surface area (Å²) in [6, 6.07) is 3.93. The number of fused-ring (bicyclic) bond motifs is 3. The lowest BCUT2D eigenvalue weighted by atomic mass is 9.89. The molecule has 0 bridgehead atoms. The zero-order valence-electron chi connectivity index (χ0n) is 16.2. The number of aryl methyl sites for hydroxylation is 1. The van der Waals surface area contributed by atoms with E-state index in [-0.39, 0.29) is 5.56 Å². The summed E-state index contributed by atoms with van der Waals surface area (Å²) in [6.07, 6.45) is 3.18. The number of thiophene rings is 2. The van der Waals surface area contributed by atoms with E-state index >= 15 is 0 Å². The molecule has 1 atom stereocenters. The molecule has 4 aromatic heterocycles. The zero-order valence-corrected chi connectivity index (χ0v) is 18.6. The second-order valence-electron chi connectivity index (χ2n) is 7.25. The van der Waals surface area contributed by atoms with Crippen LogP contribution >= 0.6 is 34.4 Å². The highest BCUT2D eigenvalue weighted by molar-refractivity contribution is 7.98. The molecule has 0 spiro atoms. The number of thioether (sulfide) groups is 1. The number of nitrogens with zero attached hydrogens (tertiary/aromatic N) is 4. The zero-order chi connectivity index (χ0) is 20.0. The van der Waals surface area contributed by atoms with Gasteiger partial charge in [-0.1, -0.05) is 29.9 Å². The van der Waals surface area contributed by atoms with E-state index in [1.165, 1.54) is 22.2 Å². The van der Waals surface area contributed by atoms with Crippen molar-refractivity contribution in [1.29, 1.82) is 0 Å². The summed E-state index contributed by atoms with van der Waals surface area (Å²) in [5, 5.41) is 7.59. The predicted octanol–water partition coefficient (Wildman–Crippen LogP) is 5.01. The third-order valence-corrected chi connectivity index (χ3v) is 8.21. The molecule has 0 aromatic carbocycles. The van der Waals surface area contributed by atoms with Crippen LogP contribution < -0.4 is 5.56 Å². The van der Waals surface area contributed by atoms with E-state index in [9.17, 15) is 4.79 Å². The first-order chi connectivity index (χ1) is 14.1. The minimum absolute atomic E-state index is 0.0804. The maximum Gasteiger partial charge on any atom is 0.263 e. The Morgan fingerprint density at radius 1 is 1.38 bits per heavy atom. The Morgan fingerprint density at radius 2 is 2.28 bits per heavy atom. The van der Waals surface area contributed by atoms with Gasteiger partial charge in [0.2, 0.25) is 11.7 Å². The molecule has 29 heavy (non-hydrogen) atoms. The molecule has 0 N–H and O–H groups in total. The summed E-state index contributed by atoms with van der Waals surface area (Å²) in [5.41, 5.74) is 1.31. The number of rotatable bonds is 5. The summed E-state index contributed by atoms with van der Waals surface area (Å²) >= 11 is 4.74. The van der Waals surface area contributed by atoms with Gasteiger partial charge in [-0.2, -0.15) is 4.98 Å². The van der Waals surface area contributed by atoms with Crippen LogP contribution in [0.25, 0.3) is 20.9 Å². The molecular formula is C20H20N4O2S3. The smallest absolute Gasteiger partial charge is 0.263 e. The first-order valence-corrected chi connectivity index (χ1v) is 12.4.